The molecule has 0 bridgehead atoms. The van der Waals surface area contributed by atoms with E-state index in [-0.39, 0.29) is 5.78 Å². The number of carbonyl (C=O) groups excluding carboxylic acids is 1. The van der Waals surface area contributed by atoms with Gasteiger partial charge in [0.25, 0.3) is 0 Å². The number of rotatable bonds is 1. The summed E-state index contributed by atoms with van der Waals surface area (Å²) in [5.74, 6) is -0.0477. The zero-order valence-electron chi connectivity index (χ0n) is 8.80. The Morgan fingerprint density at radius 3 is 2.44 bits per heavy atom. The Kier molecular flexibility index (Phi) is 1.63. The van der Waals surface area contributed by atoms with Crippen LogP contribution < -0.4 is 4.31 Å². The van der Waals surface area contributed by atoms with Gasteiger partial charge in [0.15, 0.2) is 5.78 Å². The summed E-state index contributed by atoms with van der Waals surface area (Å²) in [4.78, 5) is 12.1. The maximum absolute atomic E-state index is 12.1. The molecule has 1 saturated carbocycles. The van der Waals surface area contributed by atoms with E-state index in [0.717, 1.165) is 6.26 Å². The molecule has 0 saturated heterocycles. The average Bonchev–Trinajstić information content (AvgIpc) is 2.92. The van der Waals surface area contributed by atoms with Gasteiger partial charge in [-0.1, -0.05) is 12.1 Å². The number of fused-ring (bicyclic) bond motifs is 1. The lowest BCUT2D eigenvalue weighted by atomic mass is 10.1. The minimum atomic E-state index is -3.38. The molecular formula is C11H11NO3S. The lowest BCUT2D eigenvalue weighted by Gasteiger charge is -2.23. The largest absolute Gasteiger partial charge is 0.291 e. The third-order valence-corrected chi connectivity index (χ3v) is 4.44. The predicted molar refractivity (Wildman–Crippen MR) is 60.1 cm³/mol. The average molecular weight is 237 g/mol. The SMILES string of the molecule is CS(=O)(=O)N1c2ccccc2C(=O)C12CC2. The van der Waals surface area contributed by atoms with E-state index in [0.29, 0.717) is 24.1 Å². The highest BCUT2D eigenvalue weighted by atomic mass is 32.2. The molecule has 0 radical (unpaired) electrons. The van der Waals surface area contributed by atoms with Crippen LogP contribution in [0.4, 0.5) is 5.69 Å². The second-order valence-electron chi connectivity index (χ2n) is 4.41. The molecule has 1 aromatic carbocycles. The molecular weight excluding hydrogens is 226 g/mol. The molecule has 5 heteroatoms. The van der Waals surface area contributed by atoms with Crippen LogP contribution in [0.15, 0.2) is 24.3 Å². The second-order valence-corrected chi connectivity index (χ2v) is 6.24. The molecule has 1 heterocycles. The van der Waals surface area contributed by atoms with Gasteiger partial charge in [0.1, 0.15) is 5.54 Å². The molecule has 1 aliphatic heterocycles. The lowest BCUT2D eigenvalue weighted by Crippen LogP contribution is -2.41. The van der Waals surface area contributed by atoms with Crippen LogP contribution in [0.25, 0.3) is 0 Å². The van der Waals surface area contributed by atoms with Gasteiger partial charge in [-0.3, -0.25) is 9.10 Å². The number of carbonyl (C=O) groups is 1. The Labute approximate surface area is 93.9 Å². The molecule has 1 aliphatic carbocycles. The van der Waals surface area contributed by atoms with Crippen LogP contribution in [0.1, 0.15) is 23.2 Å². The zero-order chi connectivity index (χ0) is 11.6. The van der Waals surface area contributed by atoms with Crippen molar-refractivity contribution in [2.24, 2.45) is 0 Å². The van der Waals surface area contributed by atoms with E-state index in [1.165, 1.54) is 4.31 Å². The van der Waals surface area contributed by atoms with Crippen molar-refractivity contribution in [3.05, 3.63) is 29.8 Å². The minimum absolute atomic E-state index is 0.0477. The van der Waals surface area contributed by atoms with E-state index < -0.39 is 15.6 Å². The second kappa shape index (κ2) is 2.66. The number of para-hydroxylation sites is 1. The molecule has 2 aliphatic rings. The maximum atomic E-state index is 12.1. The summed E-state index contributed by atoms with van der Waals surface area (Å²) >= 11 is 0. The number of benzene rings is 1. The number of sulfonamides is 1. The van der Waals surface area contributed by atoms with Gasteiger partial charge in [0, 0.05) is 5.56 Å². The number of nitrogens with zero attached hydrogens (tertiary/aromatic N) is 1. The fourth-order valence-corrected chi connectivity index (χ4v) is 3.88. The first-order valence-corrected chi connectivity index (χ1v) is 6.96. The monoisotopic (exact) mass is 237 g/mol. The molecule has 0 N–H and O–H groups in total. The molecule has 4 nitrogen and oxygen atoms in total. The van der Waals surface area contributed by atoms with Crippen molar-refractivity contribution in [3.8, 4) is 0 Å². The Bertz CT molecular complexity index is 587. The standard InChI is InChI=1S/C11H11NO3S/c1-16(14,15)12-9-5-3-2-4-8(9)10(13)11(12)6-7-11/h2-5H,6-7H2,1H3. The lowest BCUT2D eigenvalue weighted by molar-refractivity contribution is 0.0964. The van der Waals surface area contributed by atoms with Gasteiger partial charge in [-0.15, -0.1) is 0 Å². The van der Waals surface area contributed by atoms with Crippen molar-refractivity contribution in [2.75, 3.05) is 10.6 Å². The number of anilines is 1. The van der Waals surface area contributed by atoms with Gasteiger partial charge >= 0.3 is 0 Å². The highest BCUT2D eigenvalue weighted by molar-refractivity contribution is 7.92. The van der Waals surface area contributed by atoms with Crippen molar-refractivity contribution in [3.63, 3.8) is 0 Å². The first-order valence-electron chi connectivity index (χ1n) is 5.11. The fraction of sp³-hybridized carbons (Fsp3) is 0.364. The molecule has 0 atom stereocenters. The van der Waals surface area contributed by atoms with E-state index in [1.54, 1.807) is 24.3 Å². The number of Topliss-reactive ketones (excluding diaryl/α,β-unsaturated/α-hetero) is 1. The summed E-state index contributed by atoms with van der Waals surface area (Å²) in [5, 5.41) is 0. The summed E-state index contributed by atoms with van der Waals surface area (Å²) in [6.45, 7) is 0. The molecule has 3 rings (SSSR count). The molecule has 0 aromatic heterocycles. The van der Waals surface area contributed by atoms with Crippen LogP contribution in [0.5, 0.6) is 0 Å². The number of hydrogen-bond acceptors (Lipinski definition) is 3. The molecule has 1 spiro atoms. The maximum Gasteiger partial charge on any atom is 0.233 e. The summed E-state index contributed by atoms with van der Waals surface area (Å²) in [5.41, 5.74) is 0.287. The quantitative estimate of drug-likeness (QED) is 0.737. The summed E-state index contributed by atoms with van der Waals surface area (Å²) in [6.07, 6.45) is 2.42. The Morgan fingerprint density at radius 2 is 1.88 bits per heavy atom. The Hall–Kier alpha value is -1.36. The van der Waals surface area contributed by atoms with Crippen LogP contribution in [-0.2, 0) is 10.0 Å². The predicted octanol–water partition coefficient (Wildman–Crippen LogP) is 1.18. The third-order valence-electron chi connectivity index (χ3n) is 3.23. The first kappa shape index (κ1) is 9.84. The van der Waals surface area contributed by atoms with Crippen molar-refractivity contribution in [1.29, 1.82) is 0 Å². The summed E-state index contributed by atoms with van der Waals surface area (Å²) in [6, 6.07) is 6.91. The minimum Gasteiger partial charge on any atom is -0.291 e. The summed E-state index contributed by atoms with van der Waals surface area (Å²) < 4.78 is 24.8. The molecule has 0 amide bonds. The van der Waals surface area contributed by atoms with Gasteiger partial charge in [-0.05, 0) is 25.0 Å². The van der Waals surface area contributed by atoms with Gasteiger partial charge < -0.3 is 0 Å². The summed E-state index contributed by atoms with van der Waals surface area (Å²) in [7, 11) is -3.38. The van der Waals surface area contributed by atoms with E-state index in [1.807, 2.05) is 0 Å². The van der Waals surface area contributed by atoms with Crippen molar-refractivity contribution in [1.82, 2.24) is 0 Å². The zero-order valence-corrected chi connectivity index (χ0v) is 9.62. The van der Waals surface area contributed by atoms with Crippen LogP contribution in [0.2, 0.25) is 0 Å². The van der Waals surface area contributed by atoms with Crippen molar-refractivity contribution < 1.29 is 13.2 Å². The van der Waals surface area contributed by atoms with Crippen LogP contribution in [0.3, 0.4) is 0 Å². The Morgan fingerprint density at radius 1 is 1.25 bits per heavy atom. The first-order chi connectivity index (χ1) is 7.47. The van der Waals surface area contributed by atoms with Crippen molar-refractivity contribution >= 4 is 21.5 Å². The number of hydrogen-bond donors (Lipinski definition) is 0. The molecule has 0 unspecified atom stereocenters. The normalized spacial score (nSPS) is 21.3. The topological polar surface area (TPSA) is 54.5 Å². The van der Waals surface area contributed by atoms with Crippen LogP contribution in [0, 0.1) is 0 Å². The highest BCUT2D eigenvalue weighted by Gasteiger charge is 2.62. The smallest absolute Gasteiger partial charge is 0.233 e. The van der Waals surface area contributed by atoms with E-state index >= 15 is 0 Å². The molecule has 16 heavy (non-hydrogen) atoms. The molecule has 1 fully saturated rings. The van der Waals surface area contributed by atoms with Gasteiger partial charge in [0.2, 0.25) is 10.0 Å². The van der Waals surface area contributed by atoms with Gasteiger partial charge in [0.05, 0.1) is 11.9 Å². The molecule has 84 valence electrons. The van der Waals surface area contributed by atoms with Crippen LogP contribution >= 0.6 is 0 Å². The third kappa shape index (κ3) is 1.04. The van der Waals surface area contributed by atoms with E-state index in [2.05, 4.69) is 0 Å². The Balaban J connectivity index is 2.29. The van der Waals surface area contributed by atoms with Gasteiger partial charge in [-0.2, -0.15) is 0 Å². The van der Waals surface area contributed by atoms with Crippen molar-refractivity contribution in [2.45, 2.75) is 18.4 Å². The van der Waals surface area contributed by atoms with E-state index in [9.17, 15) is 13.2 Å². The van der Waals surface area contributed by atoms with Crippen LogP contribution in [-0.4, -0.2) is 26.0 Å². The fourth-order valence-electron chi connectivity index (χ4n) is 2.46. The number of ketones is 1. The van der Waals surface area contributed by atoms with Gasteiger partial charge in [-0.25, -0.2) is 8.42 Å². The highest BCUT2D eigenvalue weighted by Crippen LogP contribution is 2.53. The van der Waals surface area contributed by atoms with E-state index in [4.69, 9.17) is 0 Å². The molecule has 1 aromatic rings.